The number of carbonyl (C=O) groups is 1. The first-order valence-electron chi connectivity index (χ1n) is 10.0. The van der Waals surface area contributed by atoms with E-state index < -0.39 is 0 Å². The minimum Gasteiger partial charge on any atom is -0.381 e. The van der Waals surface area contributed by atoms with Crippen LogP contribution in [0.25, 0.3) is 0 Å². The highest BCUT2D eigenvalue weighted by atomic mass is 16.5. The lowest BCUT2D eigenvalue weighted by molar-refractivity contribution is 0.0903. The lowest BCUT2D eigenvalue weighted by Crippen LogP contribution is -2.49. The molecular weight excluding hydrogens is 344 g/mol. The van der Waals surface area contributed by atoms with Crippen LogP contribution in [0.5, 0.6) is 0 Å². The van der Waals surface area contributed by atoms with Crippen molar-refractivity contribution >= 4 is 12.0 Å². The highest BCUT2D eigenvalue weighted by Gasteiger charge is 2.31. The van der Waals surface area contributed by atoms with Gasteiger partial charge in [0, 0.05) is 51.1 Å². The first-order valence-corrected chi connectivity index (χ1v) is 10.0. The molecule has 0 bridgehead atoms. The third-order valence-corrected chi connectivity index (χ3v) is 5.89. The molecule has 0 radical (unpaired) electrons. The number of likely N-dealkylation sites (N-methyl/N-ethyl adjacent to an activating group) is 1. The molecule has 4 rings (SSSR count). The molecule has 2 N–H and O–H groups in total. The molecule has 0 aliphatic carbocycles. The van der Waals surface area contributed by atoms with Crippen molar-refractivity contribution in [1.29, 1.82) is 0 Å². The molecule has 0 unspecified atom stereocenters. The molecule has 1 aromatic heterocycles. The van der Waals surface area contributed by atoms with E-state index >= 15 is 0 Å². The Morgan fingerprint density at radius 3 is 2.85 bits per heavy atom. The van der Waals surface area contributed by atoms with Gasteiger partial charge in [-0.15, -0.1) is 0 Å². The summed E-state index contributed by atoms with van der Waals surface area (Å²) in [4.78, 5) is 26.1. The van der Waals surface area contributed by atoms with Crippen LogP contribution in [-0.4, -0.2) is 77.8 Å². The van der Waals surface area contributed by atoms with Crippen LogP contribution < -0.4 is 10.6 Å². The minimum atomic E-state index is 0.0188. The third-order valence-electron chi connectivity index (χ3n) is 5.89. The summed E-state index contributed by atoms with van der Waals surface area (Å²) in [6, 6.07) is 0.603. The first kappa shape index (κ1) is 18.4. The van der Waals surface area contributed by atoms with E-state index in [0.717, 1.165) is 56.8 Å². The smallest absolute Gasteiger partial charge is 0.318 e. The fourth-order valence-electron chi connectivity index (χ4n) is 4.22. The van der Waals surface area contributed by atoms with Gasteiger partial charge in [-0.05, 0) is 37.8 Å². The molecule has 0 spiro atoms. The van der Waals surface area contributed by atoms with Gasteiger partial charge >= 0.3 is 6.03 Å². The lowest BCUT2D eigenvalue weighted by atomic mass is 10.1. The molecular formula is C19H30N6O2. The number of anilines is 1. The monoisotopic (exact) mass is 374 g/mol. The summed E-state index contributed by atoms with van der Waals surface area (Å²) in [6.07, 6.45) is 4.67. The van der Waals surface area contributed by atoms with Gasteiger partial charge in [0.2, 0.25) is 5.95 Å². The van der Waals surface area contributed by atoms with Gasteiger partial charge in [0.05, 0.1) is 12.2 Å². The highest BCUT2D eigenvalue weighted by Crippen LogP contribution is 2.20. The number of nitrogens with zero attached hydrogens (tertiary/aromatic N) is 4. The van der Waals surface area contributed by atoms with Crippen LogP contribution in [0.2, 0.25) is 0 Å². The number of rotatable bonds is 3. The number of ether oxygens (including phenoxy) is 1. The molecule has 27 heavy (non-hydrogen) atoms. The molecule has 8 nitrogen and oxygen atoms in total. The highest BCUT2D eigenvalue weighted by molar-refractivity contribution is 5.75. The molecule has 3 aliphatic rings. The van der Waals surface area contributed by atoms with Gasteiger partial charge in [-0.3, -0.25) is 0 Å². The van der Waals surface area contributed by atoms with Gasteiger partial charge in [0.25, 0.3) is 0 Å². The van der Waals surface area contributed by atoms with Crippen LogP contribution >= 0.6 is 0 Å². The van der Waals surface area contributed by atoms with Gasteiger partial charge in [0.15, 0.2) is 0 Å². The summed E-state index contributed by atoms with van der Waals surface area (Å²) >= 11 is 0. The average molecular weight is 374 g/mol. The van der Waals surface area contributed by atoms with E-state index in [0.29, 0.717) is 31.0 Å². The molecule has 2 fully saturated rings. The van der Waals surface area contributed by atoms with Crippen molar-refractivity contribution in [2.75, 3.05) is 45.2 Å². The Kier molecular flexibility index (Phi) is 5.45. The van der Waals surface area contributed by atoms with E-state index in [1.165, 1.54) is 0 Å². The first-order chi connectivity index (χ1) is 13.1. The van der Waals surface area contributed by atoms with Crippen molar-refractivity contribution < 1.29 is 9.53 Å². The van der Waals surface area contributed by atoms with E-state index in [1.807, 2.05) is 11.1 Å². The van der Waals surface area contributed by atoms with Crippen LogP contribution in [0.15, 0.2) is 6.20 Å². The van der Waals surface area contributed by atoms with Crippen molar-refractivity contribution in [3.63, 3.8) is 0 Å². The third kappa shape index (κ3) is 4.32. The van der Waals surface area contributed by atoms with Crippen molar-refractivity contribution in [2.45, 2.75) is 44.8 Å². The number of hydrogen-bond acceptors (Lipinski definition) is 6. The molecule has 0 saturated carbocycles. The standard InChI is InChI=1S/C19H30N6O2/c1-13-10-24(2)11-16(13)23-19(26)25-6-3-14-9-20-18(22-17(14)12-25)21-15-4-7-27-8-5-15/h9,13,15-16H,3-8,10-12H2,1-2H3,(H,23,26)(H,20,21,22)/t13-,16-/m1/s1. The topological polar surface area (TPSA) is 82.6 Å². The van der Waals surface area contributed by atoms with Crippen LogP contribution in [0.3, 0.4) is 0 Å². The zero-order valence-electron chi connectivity index (χ0n) is 16.3. The molecule has 3 aliphatic heterocycles. The van der Waals surface area contributed by atoms with Gasteiger partial charge in [-0.2, -0.15) is 0 Å². The molecule has 2 atom stereocenters. The van der Waals surface area contributed by atoms with Crippen molar-refractivity contribution in [2.24, 2.45) is 5.92 Å². The molecule has 2 amide bonds. The number of fused-ring (bicyclic) bond motifs is 1. The Balaban J connectivity index is 1.37. The summed E-state index contributed by atoms with van der Waals surface area (Å²) < 4.78 is 5.40. The van der Waals surface area contributed by atoms with Gasteiger partial charge in [-0.25, -0.2) is 14.8 Å². The fourth-order valence-corrected chi connectivity index (χ4v) is 4.22. The molecule has 8 heteroatoms. The maximum atomic E-state index is 12.7. The van der Waals surface area contributed by atoms with Crippen LogP contribution in [0, 0.1) is 5.92 Å². The van der Waals surface area contributed by atoms with Crippen molar-refractivity contribution in [3.05, 3.63) is 17.5 Å². The van der Waals surface area contributed by atoms with E-state index in [-0.39, 0.29) is 12.1 Å². The second-order valence-electron chi connectivity index (χ2n) is 8.12. The van der Waals surface area contributed by atoms with Gasteiger partial charge < -0.3 is 25.2 Å². The van der Waals surface area contributed by atoms with Gasteiger partial charge in [0.1, 0.15) is 0 Å². The number of aromatic nitrogens is 2. The summed E-state index contributed by atoms with van der Waals surface area (Å²) in [5.74, 6) is 1.14. The number of hydrogen-bond donors (Lipinski definition) is 2. The summed E-state index contributed by atoms with van der Waals surface area (Å²) in [5.41, 5.74) is 2.10. The van der Waals surface area contributed by atoms with Crippen LogP contribution in [0.4, 0.5) is 10.7 Å². The number of carbonyl (C=O) groups excluding carboxylic acids is 1. The quantitative estimate of drug-likeness (QED) is 0.824. The van der Waals surface area contributed by atoms with Gasteiger partial charge in [-0.1, -0.05) is 6.92 Å². The zero-order valence-corrected chi connectivity index (χ0v) is 16.3. The second-order valence-corrected chi connectivity index (χ2v) is 8.12. The fraction of sp³-hybridized carbons (Fsp3) is 0.737. The number of urea groups is 1. The van der Waals surface area contributed by atoms with E-state index in [2.05, 4.69) is 34.5 Å². The van der Waals surface area contributed by atoms with Crippen LogP contribution in [-0.2, 0) is 17.7 Å². The Morgan fingerprint density at radius 1 is 1.30 bits per heavy atom. The predicted molar refractivity (Wildman–Crippen MR) is 103 cm³/mol. The molecule has 1 aromatic rings. The largest absolute Gasteiger partial charge is 0.381 e. The average Bonchev–Trinajstić information content (AvgIpc) is 2.99. The number of amides is 2. The van der Waals surface area contributed by atoms with Crippen molar-refractivity contribution in [1.82, 2.24) is 25.1 Å². The Morgan fingerprint density at radius 2 is 2.11 bits per heavy atom. The summed E-state index contributed by atoms with van der Waals surface area (Å²) in [5, 5.41) is 6.63. The minimum absolute atomic E-state index is 0.0188. The Labute approximate surface area is 160 Å². The molecule has 0 aromatic carbocycles. The Bertz CT molecular complexity index is 678. The number of likely N-dealkylation sites (tertiary alicyclic amines) is 1. The van der Waals surface area contributed by atoms with Crippen molar-refractivity contribution in [3.8, 4) is 0 Å². The lowest BCUT2D eigenvalue weighted by Gasteiger charge is -2.30. The maximum Gasteiger partial charge on any atom is 0.318 e. The SMILES string of the molecule is C[C@@H]1CN(C)C[C@H]1NC(=O)N1CCc2cnc(NC3CCOCC3)nc2C1. The molecule has 148 valence electrons. The molecule has 4 heterocycles. The number of nitrogens with one attached hydrogen (secondary N) is 2. The zero-order chi connectivity index (χ0) is 18.8. The van der Waals surface area contributed by atoms with Crippen LogP contribution in [0.1, 0.15) is 31.0 Å². The predicted octanol–water partition coefficient (Wildman–Crippen LogP) is 1.09. The maximum absolute atomic E-state index is 12.7. The summed E-state index contributed by atoms with van der Waals surface area (Å²) in [7, 11) is 2.10. The normalized spacial score (nSPS) is 26.7. The van der Waals surface area contributed by atoms with E-state index in [9.17, 15) is 4.79 Å². The van der Waals surface area contributed by atoms with E-state index in [4.69, 9.17) is 9.72 Å². The Hall–Kier alpha value is -1.93. The second kappa shape index (κ2) is 7.98. The summed E-state index contributed by atoms with van der Waals surface area (Å²) in [6.45, 7) is 6.97. The molecule has 2 saturated heterocycles. The van der Waals surface area contributed by atoms with E-state index in [1.54, 1.807) is 0 Å².